The first kappa shape index (κ1) is 14.3. The number of sulfonamides is 1. The van der Waals surface area contributed by atoms with Gasteiger partial charge in [-0.1, -0.05) is 12.1 Å². The fraction of sp³-hybridized carbons (Fsp3) is 0.500. The van der Waals surface area contributed by atoms with Crippen molar-refractivity contribution in [3.63, 3.8) is 0 Å². The fourth-order valence-electron chi connectivity index (χ4n) is 2.20. The molecule has 0 bridgehead atoms. The van der Waals surface area contributed by atoms with E-state index in [0.29, 0.717) is 34.3 Å². The molecule has 1 fully saturated rings. The number of benzene rings is 1. The van der Waals surface area contributed by atoms with E-state index in [-0.39, 0.29) is 0 Å². The van der Waals surface area contributed by atoms with Gasteiger partial charge in [0.1, 0.15) is 0 Å². The van der Waals surface area contributed by atoms with Crippen molar-refractivity contribution >= 4 is 37.6 Å². The van der Waals surface area contributed by atoms with Gasteiger partial charge < -0.3 is 0 Å². The lowest BCUT2D eigenvalue weighted by molar-refractivity contribution is 0.453. The molecule has 1 atom stereocenters. The molecule has 6 heteroatoms. The number of alkyl halides is 1. The molecule has 1 aromatic rings. The minimum absolute atomic E-state index is 0.344. The van der Waals surface area contributed by atoms with Gasteiger partial charge in [-0.15, -0.1) is 11.6 Å². The van der Waals surface area contributed by atoms with Crippen LogP contribution in [0.15, 0.2) is 33.6 Å². The predicted octanol–water partition coefficient (Wildman–Crippen LogP) is 3.09. The molecule has 1 saturated heterocycles. The van der Waals surface area contributed by atoms with Crippen LogP contribution in [0.2, 0.25) is 0 Å². The Bertz CT molecular complexity index is 521. The molecule has 100 valence electrons. The molecule has 0 N–H and O–H groups in total. The first-order valence-electron chi connectivity index (χ1n) is 5.86. The lowest BCUT2D eigenvalue weighted by atomic mass is 10.1. The number of nitrogens with zero attached hydrogens (tertiary/aromatic N) is 1. The summed E-state index contributed by atoms with van der Waals surface area (Å²) in [4.78, 5) is 0.344. The number of rotatable bonds is 4. The zero-order chi connectivity index (χ0) is 13.2. The highest BCUT2D eigenvalue weighted by Crippen LogP contribution is 2.29. The number of halogens is 2. The van der Waals surface area contributed by atoms with Crippen LogP contribution in [0.25, 0.3) is 0 Å². The van der Waals surface area contributed by atoms with Crippen LogP contribution in [0.3, 0.4) is 0 Å². The number of hydrogen-bond acceptors (Lipinski definition) is 2. The van der Waals surface area contributed by atoms with Crippen LogP contribution in [0, 0.1) is 5.92 Å². The lowest BCUT2D eigenvalue weighted by Gasteiger charge is -2.17. The van der Waals surface area contributed by atoms with Crippen molar-refractivity contribution in [3.05, 3.63) is 28.7 Å². The summed E-state index contributed by atoms with van der Waals surface area (Å²) in [6.07, 6.45) is 1.78. The molecule has 0 radical (unpaired) electrons. The van der Waals surface area contributed by atoms with E-state index in [1.807, 2.05) is 6.07 Å². The van der Waals surface area contributed by atoms with Crippen LogP contribution < -0.4 is 0 Å². The molecule has 0 spiro atoms. The van der Waals surface area contributed by atoms with Crippen molar-refractivity contribution < 1.29 is 8.42 Å². The Morgan fingerprint density at radius 1 is 1.39 bits per heavy atom. The predicted molar refractivity (Wildman–Crippen MR) is 76.3 cm³/mol. The third kappa shape index (κ3) is 2.90. The maximum atomic E-state index is 12.5. The van der Waals surface area contributed by atoms with Gasteiger partial charge in [0.05, 0.1) is 4.90 Å². The standard InChI is InChI=1S/C12H15BrClNO2S/c13-11-3-1-2-4-12(11)18(16,17)15-8-6-10(9-15)5-7-14/h1-4,10H,5-9H2. The van der Waals surface area contributed by atoms with Crippen LogP contribution in [-0.2, 0) is 10.0 Å². The topological polar surface area (TPSA) is 37.4 Å². The monoisotopic (exact) mass is 351 g/mol. The molecular formula is C12H15BrClNO2S. The van der Waals surface area contributed by atoms with Crippen LogP contribution in [0.1, 0.15) is 12.8 Å². The SMILES string of the molecule is O=S(=O)(c1ccccc1Br)N1CCC(CCCl)C1. The molecule has 0 aliphatic carbocycles. The van der Waals surface area contributed by atoms with E-state index in [0.717, 1.165) is 12.8 Å². The normalized spacial score (nSPS) is 21.3. The molecule has 18 heavy (non-hydrogen) atoms. The average Bonchev–Trinajstić information content (AvgIpc) is 2.79. The van der Waals surface area contributed by atoms with Crippen molar-refractivity contribution in [2.45, 2.75) is 17.7 Å². The molecule has 0 saturated carbocycles. The number of hydrogen-bond donors (Lipinski definition) is 0. The molecule has 0 aromatic heterocycles. The molecule has 1 aliphatic rings. The summed E-state index contributed by atoms with van der Waals surface area (Å²) in [6, 6.07) is 6.93. The average molecular weight is 353 g/mol. The Kier molecular flexibility index (Phi) is 4.69. The second-order valence-corrected chi connectivity index (χ2v) is 7.56. The Labute approximate surface area is 121 Å². The van der Waals surface area contributed by atoms with Gasteiger partial charge in [0, 0.05) is 23.4 Å². The van der Waals surface area contributed by atoms with E-state index in [1.54, 1.807) is 22.5 Å². The summed E-state index contributed by atoms with van der Waals surface area (Å²) in [5.41, 5.74) is 0. The summed E-state index contributed by atoms with van der Waals surface area (Å²) in [5.74, 6) is 0.980. The summed E-state index contributed by atoms with van der Waals surface area (Å²) in [5, 5.41) is 0. The Morgan fingerprint density at radius 3 is 2.78 bits per heavy atom. The zero-order valence-electron chi connectivity index (χ0n) is 9.85. The summed E-state index contributed by atoms with van der Waals surface area (Å²) < 4.78 is 27.1. The fourth-order valence-corrected chi connectivity index (χ4v) is 5.00. The summed E-state index contributed by atoms with van der Waals surface area (Å²) in [7, 11) is -3.38. The maximum absolute atomic E-state index is 12.5. The van der Waals surface area contributed by atoms with E-state index in [4.69, 9.17) is 11.6 Å². The van der Waals surface area contributed by atoms with E-state index < -0.39 is 10.0 Å². The largest absolute Gasteiger partial charge is 0.244 e. The van der Waals surface area contributed by atoms with E-state index in [2.05, 4.69) is 15.9 Å². The van der Waals surface area contributed by atoms with E-state index in [9.17, 15) is 8.42 Å². The highest BCUT2D eigenvalue weighted by atomic mass is 79.9. The Hall–Kier alpha value is -0.100. The van der Waals surface area contributed by atoms with Crippen LogP contribution in [-0.4, -0.2) is 31.7 Å². The lowest BCUT2D eigenvalue weighted by Crippen LogP contribution is -2.29. The van der Waals surface area contributed by atoms with Crippen molar-refractivity contribution in [2.75, 3.05) is 19.0 Å². The molecule has 0 amide bonds. The third-order valence-electron chi connectivity index (χ3n) is 3.22. The summed E-state index contributed by atoms with van der Waals surface area (Å²) >= 11 is 9.01. The van der Waals surface area contributed by atoms with Crippen molar-refractivity contribution in [2.24, 2.45) is 5.92 Å². The minimum atomic E-state index is -3.38. The molecule has 3 nitrogen and oxygen atoms in total. The van der Waals surface area contributed by atoms with Gasteiger partial charge in [-0.3, -0.25) is 0 Å². The molecular weight excluding hydrogens is 338 g/mol. The Balaban J connectivity index is 2.21. The van der Waals surface area contributed by atoms with Gasteiger partial charge in [-0.2, -0.15) is 4.31 Å². The van der Waals surface area contributed by atoms with E-state index >= 15 is 0 Å². The van der Waals surface area contributed by atoms with Crippen LogP contribution in [0.4, 0.5) is 0 Å². The Morgan fingerprint density at radius 2 is 2.11 bits per heavy atom. The highest BCUT2D eigenvalue weighted by Gasteiger charge is 2.32. The van der Waals surface area contributed by atoms with Gasteiger partial charge in [-0.05, 0) is 46.8 Å². The first-order valence-corrected chi connectivity index (χ1v) is 8.63. The van der Waals surface area contributed by atoms with Crippen molar-refractivity contribution in [1.29, 1.82) is 0 Å². The third-order valence-corrected chi connectivity index (χ3v) is 6.32. The second-order valence-electron chi connectivity index (χ2n) is 4.43. The van der Waals surface area contributed by atoms with Crippen LogP contribution >= 0.6 is 27.5 Å². The molecule has 1 aliphatic heterocycles. The molecule has 1 aromatic carbocycles. The van der Waals surface area contributed by atoms with Gasteiger partial charge in [0.2, 0.25) is 10.0 Å². The van der Waals surface area contributed by atoms with E-state index in [1.165, 1.54) is 0 Å². The molecule has 2 rings (SSSR count). The van der Waals surface area contributed by atoms with Gasteiger partial charge in [0.15, 0.2) is 0 Å². The smallest absolute Gasteiger partial charge is 0.207 e. The molecule has 1 heterocycles. The maximum Gasteiger partial charge on any atom is 0.244 e. The van der Waals surface area contributed by atoms with Gasteiger partial charge in [-0.25, -0.2) is 8.42 Å². The van der Waals surface area contributed by atoms with Crippen molar-refractivity contribution in [1.82, 2.24) is 4.31 Å². The minimum Gasteiger partial charge on any atom is -0.207 e. The van der Waals surface area contributed by atoms with Gasteiger partial charge in [0.25, 0.3) is 0 Å². The first-order chi connectivity index (χ1) is 8.55. The highest BCUT2D eigenvalue weighted by molar-refractivity contribution is 9.10. The summed E-state index contributed by atoms with van der Waals surface area (Å²) in [6.45, 7) is 1.17. The molecule has 1 unspecified atom stereocenters. The quantitative estimate of drug-likeness (QED) is 0.781. The van der Waals surface area contributed by atoms with Crippen molar-refractivity contribution in [3.8, 4) is 0 Å². The van der Waals surface area contributed by atoms with Gasteiger partial charge >= 0.3 is 0 Å². The second kappa shape index (κ2) is 5.90. The zero-order valence-corrected chi connectivity index (χ0v) is 13.0. The van der Waals surface area contributed by atoms with Crippen LogP contribution in [0.5, 0.6) is 0 Å².